The summed E-state index contributed by atoms with van der Waals surface area (Å²) in [7, 11) is -3.53. The smallest absolute Gasteiger partial charge is 0.240 e. The molecule has 152 valence electrons. The fourth-order valence-corrected chi connectivity index (χ4v) is 4.82. The number of nitrogens with one attached hydrogen (secondary N) is 1. The van der Waals surface area contributed by atoms with E-state index in [1.807, 2.05) is 25.7 Å². The second-order valence-corrected chi connectivity index (χ2v) is 9.38. The molecule has 1 unspecified atom stereocenters. The Morgan fingerprint density at radius 1 is 1.26 bits per heavy atom. The first-order chi connectivity index (χ1) is 12.8. The highest BCUT2D eigenvalue weighted by Gasteiger charge is 2.38. The van der Waals surface area contributed by atoms with Crippen LogP contribution in [0.25, 0.3) is 0 Å². The molecule has 1 aromatic carbocycles. The number of likely N-dealkylation sites (tertiary alicyclic amines) is 1. The number of piperidine rings is 1. The first kappa shape index (κ1) is 21.9. The van der Waals surface area contributed by atoms with Crippen LogP contribution in [-0.2, 0) is 14.8 Å². The van der Waals surface area contributed by atoms with Gasteiger partial charge in [-0.1, -0.05) is 31.5 Å². The molecular formula is C20H33N3O3S. The van der Waals surface area contributed by atoms with Gasteiger partial charge in [0.05, 0.1) is 10.3 Å². The van der Waals surface area contributed by atoms with Crippen molar-refractivity contribution in [2.75, 3.05) is 26.2 Å². The van der Waals surface area contributed by atoms with E-state index in [1.165, 1.54) is 0 Å². The minimum atomic E-state index is -3.53. The van der Waals surface area contributed by atoms with Crippen LogP contribution in [0.5, 0.6) is 0 Å². The number of nitrogens with zero attached hydrogens (tertiary/aromatic N) is 1. The zero-order chi connectivity index (χ0) is 20.1. The molecule has 0 saturated carbocycles. The predicted octanol–water partition coefficient (Wildman–Crippen LogP) is 2.28. The largest absolute Gasteiger partial charge is 0.342 e. The minimum absolute atomic E-state index is 0.112. The van der Waals surface area contributed by atoms with E-state index in [4.69, 9.17) is 5.73 Å². The third kappa shape index (κ3) is 5.09. The van der Waals surface area contributed by atoms with Gasteiger partial charge >= 0.3 is 0 Å². The molecule has 0 radical (unpaired) electrons. The number of nitrogens with two attached hydrogens (primary N) is 1. The summed E-state index contributed by atoms with van der Waals surface area (Å²) in [6.45, 7) is 7.93. The highest BCUT2D eigenvalue weighted by molar-refractivity contribution is 7.89. The number of benzene rings is 1. The van der Waals surface area contributed by atoms with Crippen LogP contribution < -0.4 is 10.5 Å². The Balaban J connectivity index is 2.00. The van der Waals surface area contributed by atoms with Gasteiger partial charge in [-0.15, -0.1) is 0 Å². The van der Waals surface area contributed by atoms with Crippen LogP contribution in [0.3, 0.4) is 0 Å². The summed E-state index contributed by atoms with van der Waals surface area (Å²) in [5.74, 6) is 0.230. The maximum absolute atomic E-state index is 13.0. The summed E-state index contributed by atoms with van der Waals surface area (Å²) in [6, 6.07) is 6.81. The molecule has 1 fully saturated rings. The second kappa shape index (κ2) is 9.17. The van der Waals surface area contributed by atoms with Gasteiger partial charge in [0, 0.05) is 26.2 Å². The van der Waals surface area contributed by atoms with Crippen molar-refractivity contribution in [2.24, 2.45) is 17.1 Å². The van der Waals surface area contributed by atoms with Crippen LogP contribution in [-0.4, -0.2) is 45.4 Å². The van der Waals surface area contributed by atoms with Crippen molar-refractivity contribution in [1.82, 2.24) is 9.62 Å². The molecule has 0 bridgehead atoms. The maximum atomic E-state index is 13.0. The second-order valence-electron chi connectivity index (χ2n) is 7.62. The fraction of sp³-hybridized carbons (Fsp3) is 0.650. The van der Waals surface area contributed by atoms with Crippen LogP contribution in [0.15, 0.2) is 29.2 Å². The molecule has 3 N–H and O–H groups in total. The molecule has 0 aliphatic carbocycles. The Kier molecular flexibility index (Phi) is 7.42. The molecule has 1 aromatic rings. The molecule has 2 rings (SSSR count). The molecule has 1 atom stereocenters. The van der Waals surface area contributed by atoms with Crippen LogP contribution in [0, 0.1) is 18.3 Å². The first-order valence-corrected chi connectivity index (χ1v) is 11.3. The summed E-state index contributed by atoms with van der Waals surface area (Å²) >= 11 is 0. The van der Waals surface area contributed by atoms with E-state index in [9.17, 15) is 13.2 Å². The number of aryl methyl sites for hydroxylation is 1. The van der Waals surface area contributed by atoms with Gasteiger partial charge in [0.1, 0.15) is 0 Å². The van der Waals surface area contributed by atoms with Crippen molar-refractivity contribution in [1.29, 1.82) is 0 Å². The Labute approximate surface area is 163 Å². The van der Waals surface area contributed by atoms with Gasteiger partial charge < -0.3 is 10.6 Å². The Morgan fingerprint density at radius 3 is 2.44 bits per heavy atom. The number of carbonyl (C=O) groups is 1. The quantitative estimate of drug-likeness (QED) is 0.706. The Morgan fingerprint density at radius 2 is 1.89 bits per heavy atom. The molecule has 1 aliphatic rings. The van der Waals surface area contributed by atoms with E-state index in [1.54, 1.807) is 24.3 Å². The van der Waals surface area contributed by atoms with Gasteiger partial charge in [-0.25, -0.2) is 13.1 Å². The maximum Gasteiger partial charge on any atom is 0.240 e. The lowest BCUT2D eigenvalue weighted by Gasteiger charge is -2.39. The molecule has 27 heavy (non-hydrogen) atoms. The summed E-state index contributed by atoms with van der Waals surface area (Å²) < 4.78 is 27.7. The van der Waals surface area contributed by atoms with Crippen molar-refractivity contribution < 1.29 is 13.2 Å². The number of carbonyl (C=O) groups excluding carboxylic acids is 1. The van der Waals surface area contributed by atoms with Crippen LogP contribution in [0.2, 0.25) is 0 Å². The molecule has 1 saturated heterocycles. The lowest BCUT2D eigenvalue weighted by molar-refractivity contribution is -0.144. The predicted molar refractivity (Wildman–Crippen MR) is 108 cm³/mol. The standard InChI is InChI=1S/C20H33N3O3S/c1-4-20(5-2,15-21)19(24)23-12-6-7-17(14-23)13-22-27(25,26)18-10-8-16(3)9-11-18/h8-11,17,22H,4-7,12-15,21H2,1-3H3. The lowest BCUT2D eigenvalue weighted by atomic mass is 9.80. The molecule has 0 aromatic heterocycles. The van der Waals surface area contributed by atoms with Crippen LogP contribution >= 0.6 is 0 Å². The number of rotatable bonds is 8. The van der Waals surface area contributed by atoms with Gasteiger partial charge in [-0.05, 0) is 50.7 Å². The first-order valence-electron chi connectivity index (χ1n) is 9.83. The van der Waals surface area contributed by atoms with Crippen molar-refractivity contribution in [3.05, 3.63) is 29.8 Å². The zero-order valence-corrected chi connectivity index (χ0v) is 17.5. The van der Waals surface area contributed by atoms with Gasteiger partial charge in [0.25, 0.3) is 0 Å². The SMILES string of the molecule is CCC(CC)(CN)C(=O)N1CCCC(CNS(=O)(=O)c2ccc(C)cc2)C1. The summed E-state index contributed by atoms with van der Waals surface area (Å²) in [5, 5.41) is 0. The molecule has 0 spiro atoms. The zero-order valence-electron chi connectivity index (χ0n) is 16.7. The topological polar surface area (TPSA) is 92.5 Å². The van der Waals surface area contributed by atoms with E-state index in [-0.39, 0.29) is 16.7 Å². The minimum Gasteiger partial charge on any atom is -0.342 e. The van der Waals surface area contributed by atoms with Gasteiger partial charge in [0.15, 0.2) is 0 Å². The van der Waals surface area contributed by atoms with Gasteiger partial charge in [0.2, 0.25) is 15.9 Å². The summed E-state index contributed by atoms with van der Waals surface area (Å²) in [5.41, 5.74) is 6.44. The van der Waals surface area contributed by atoms with Crippen molar-refractivity contribution in [3.8, 4) is 0 Å². The monoisotopic (exact) mass is 395 g/mol. The van der Waals surface area contributed by atoms with Crippen LogP contribution in [0.4, 0.5) is 0 Å². The molecular weight excluding hydrogens is 362 g/mol. The fourth-order valence-electron chi connectivity index (χ4n) is 3.71. The third-order valence-electron chi connectivity index (χ3n) is 5.90. The van der Waals surface area contributed by atoms with E-state index in [0.29, 0.717) is 19.6 Å². The number of sulfonamides is 1. The molecule has 1 amide bonds. The normalized spacial score (nSPS) is 18.5. The average Bonchev–Trinajstić information content (AvgIpc) is 2.69. The van der Waals surface area contributed by atoms with E-state index in [0.717, 1.165) is 37.8 Å². The van der Waals surface area contributed by atoms with Gasteiger partial charge in [-0.2, -0.15) is 0 Å². The Hall–Kier alpha value is -1.44. The summed E-state index contributed by atoms with van der Waals surface area (Å²) in [6.07, 6.45) is 3.24. The summed E-state index contributed by atoms with van der Waals surface area (Å²) in [4.78, 5) is 15.2. The van der Waals surface area contributed by atoms with E-state index < -0.39 is 15.4 Å². The van der Waals surface area contributed by atoms with Crippen LogP contribution in [0.1, 0.15) is 45.1 Å². The van der Waals surface area contributed by atoms with Crippen molar-refractivity contribution in [3.63, 3.8) is 0 Å². The highest BCUT2D eigenvalue weighted by atomic mass is 32.2. The lowest BCUT2D eigenvalue weighted by Crippen LogP contribution is -2.51. The average molecular weight is 396 g/mol. The number of hydrogen-bond acceptors (Lipinski definition) is 4. The van der Waals surface area contributed by atoms with Crippen molar-refractivity contribution >= 4 is 15.9 Å². The molecule has 1 heterocycles. The Bertz CT molecular complexity index is 719. The number of hydrogen-bond donors (Lipinski definition) is 2. The molecule has 6 nitrogen and oxygen atoms in total. The highest BCUT2D eigenvalue weighted by Crippen LogP contribution is 2.30. The van der Waals surface area contributed by atoms with Gasteiger partial charge in [-0.3, -0.25) is 4.79 Å². The molecule has 7 heteroatoms. The van der Waals surface area contributed by atoms with Crippen molar-refractivity contribution in [2.45, 2.75) is 51.3 Å². The number of amides is 1. The molecule has 1 aliphatic heterocycles. The van der Waals surface area contributed by atoms with E-state index in [2.05, 4.69) is 4.72 Å². The third-order valence-corrected chi connectivity index (χ3v) is 7.34. The van der Waals surface area contributed by atoms with E-state index >= 15 is 0 Å².